The number of carbonyl (C=O) groups excluding carboxylic acids is 2. The molecule has 9 nitrogen and oxygen atoms in total. The number of carbonyl (C=O) groups is 2. The molecule has 2 heterocycles. The second kappa shape index (κ2) is 9.65. The van der Waals surface area contributed by atoms with Gasteiger partial charge in [-0.25, -0.2) is 13.2 Å². The van der Waals surface area contributed by atoms with E-state index in [1.165, 1.54) is 28.6 Å². The number of ether oxygens (including phenoxy) is 2. The van der Waals surface area contributed by atoms with Crippen LogP contribution < -0.4 is 4.80 Å². The van der Waals surface area contributed by atoms with Crippen molar-refractivity contribution in [1.29, 1.82) is 0 Å². The van der Waals surface area contributed by atoms with Crippen molar-refractivity contribution in [3.05, 3.63) is 45.2 Å². The molecule has 0 spiro atoms. The van der Waals surface area contributed by atoms with Crippen molar-refractivity contribution in [3.63, 3.8) is 0 Å². The van der Waals surface area contributed by atoms with Crippen molar-refractivity contribution < 1.29 is 27.5 Å². The third-order valence-electron chi connectivity index (χ3n) is 5.10. The molecule has 0 aliphatic carbocycles. The topological polar surface area (TPSA) is 107 Å². The van der Waals surface area contributed by atoms with Gasteiger partial charge in [0.2, 0.25) is 10.0 Å². The number of rotatable bonds is 5. The number of thiazole rings is 1. The van der Waals surface area contributed by atoms with Crippen LogP contribution in [0.25, 0.3) is 0 Å². The first-order valence-corrected chi connectivity index (χ1v) is 12.5. The summed E-state index contributed by atoms with van der Waals surface area (Å²) >= 11 is 1.07. The maximum Gasteiger partial charge on any atom is 0.350 e. The number of hydrogen-bond donors (Lipinski definition) is 0. The lowest BCUT2D eigenvalue weighted by molar-refractivity contribution is -0.0440. The maximum atomic E-state index is 13.0. The number of aromatic nitrogens is 1. The molecule has 0 saturated carbocycles. The van der Waals surface area contributed by atoms with Crippen molar-refractivity contribution in [2.24, 2.45) is 12.0 Å². The zero-order chi connectivity index (χ0) is 23.6. The van der Waals surface area contributed by atoms with E-state index < -0.39 is 21.9 Å². The molecule has 174 valence electrons. The quantitative estimate of drug-likeness (QED) is 0.606. The molecule has 1 fully saturated rings. The Morgan fingerprint density at radius 3 is 2.34 bits per heavy atom. The number of sulfonamides is 1. The van der Waals surface area contributed by atoms with E-state index >= 15 is 0 Å². The molecule has 1 aromatic heterocycles. The third-order valence-corrected chi connectivity index (χ3v) is 8.15. The monoisotopic (exact) mass is 481 g/mol. The summed E-state index contributed by atoms with van der Waals surface area (Å²) in [6.07, 6.45) is -0.384. The van der Waals surface area contributed by atoms with Crippen molar-refractivity contribution in [2.75, 3.05) is 19.7 Å². The molecule has 32 heavy (non-hydrogen) atoms. The van der Waals surface area contributed by atoms with Crippen molar-refractivity contribution in [3.8, 4) is 0 Å². The van der Waals surface area contributed by atoms with E-state index in [1.807, 2.05) is 13.8 Å². The van der Waals surface area contributed by atoms with Crippen LogP contribution >= 0.6 is 11.3 Å². The number of amides is 1. The Balaban J connectivity index is 1.84. The van der Waals surface area contributed by atoms with Crippen molar-refractivity contribution in [1.82, 2.24) is 8.87 Å². The molecule has 0 radical (unpaired) electrons. The zero-order valence-corrected chi connectivity index (χ0v) is 20.3. The minimum Gasteiger partial charge on any atom is -0.462 e. The summed E-state index contributed by atoms with van der Waals surface area (Å²) < 4.78 is 39.6. The van der Waals surface area contributed by atoms with Crippen molar-refractivity contribution >= 4 is 33.2 Å². The highest BCUT2D eigenvalue weighted by Crippen LogP contribution is 2.22. The lowest BCUT2D eigenvalue weighted by atomic mass is 10.2. The predicted molar refractivity (Wildman–Crippen MR) is 119 cm³/mol. The molecule has 1 saturated heterocycles. The first kappa shape index (κ1) is 24.3. The molecule has 0 N–H and O–H groups in total. The highest BCUT2D eigenvalue weighted by molar-refractivity contribution is 7.89. The summed E-state index contributed by atoms with van der Waals surface area (Å²) in [5.41, 5.74) is 0.895. The van der Waals surface area contributed by atoms with Gasteiger partial charge in [-0.3, -0.25) is 4.79 Å². The van der Waals surface area contributed by atoms with Gasteiger partial charge < -0.3 is 14.0 Å². The average Bonchev–Trinajstić information content (AvgIpc) is 3.02. The molecule has 1 aliphatic heterocycles. The lowest BCUT2D eigenvalue weighted by Gasteiger charge is -2.34. The SMILES string of the molecule is CCOC(=O)c1sc(=NC(=O)c2ccc(S(=O)(=O)N3C[C@H](C)O[C@@H](C)C3)cc2)n(C)c1C. The summed E-state index contributed by atoms with van der Waals surface area (Å²) in [6.45, 7) is 7.95. The van der Waals surface area contributed by atoms with E-state index in [-0.39, 0.29) is 42.4 Å². The average molecular weight is 482 g/mol. The molecular formula is C21H27N3O6S2. The summed E-state index contributed by atoms with van der Waals surface area (Å²) in [5.74, 6) is -0.990. The Hall–Kier alpha value is -2.34. The highest BCUT2D eigenvalue weighted by Gasteiger charge is 2.32. The van der Waals surface area contributed by atoms with Crippen LogP contribution in [0.5, 0.6) is 0 Å². The van der Waals surface area contributed by atoms with Gasteiger partial charge in [-0.15, -0.1) is 0 Å². The van der Waals surface area contributed by atoms with E-state index in [2.05, 4.69) is 4.99 Å². The number of nitrogens with zero attached hydrogens (tertiary/aromatic N) is 3. The predicted octanol–water partition coefficient (Wildman–Crippen LogP) is 2.11. The van der Waals surface area contributed by atoms with Crippen LogP contribution in [0, 0.1) is 6.92 Å². The molecule has 1 aliphatic rings. The standard InChI is InChI=1S/C21H27N3O6S2/c1-6-29-20(26)18-15(4)23(5)21(31-18)22-19(25)16-7-9-17(10-8-16)32(27,28)24-11-13(2)30-14(3)12-24/h7-10,13-14H,6,11-12H2,1-5H3/t13-,14-/m0/s1. The van der Waals surface area contributed by atoms with Crippen LogP contribution in [0.4, 0.5) is 0 Å². The van der Waals surface area contributed by atoms with Gasteiger partial charge in [0, 0.05) is 31.4 Å². The smallest absolute Gasteiger partial charge is 0.350 e. The zero-order valence-electron chi connectivity index (χ0n) is 18.7. The number of benzene rings is 1. The summed E-state index contributed by atoms with van der Waals surface area (Å²) in [6, 6.07) is 5.71. The fraction of sp³-hybridized carbons (Fsp3) is 0.476. The lowest BCUT2D eigenvalue weighted by Crippen LogP contribution is -2.48. The largest absolute Gasteiger partial charge is 0.462 e. The molecule has 2 atom stereocenters. The molecule has 0 unspecified atom stereocenters. The van der Waals surface area contributed by atoms with Gasteiger partial charge in [-0.05, 0) is 52.0 Å². The minimum absolute atomic E-state index is 0.109. The Morgan fingerprint density at radius 1 is 1.19 bits per heavy atom. The van der Waals surface area contributed by atoms with E-state index in [1.54, 1.807) is 25.5 Å². The van der Waals surface area contributed by atoms with Crippen LogP contribution in [0.1, 0.15) is 46.5 Å². The molecule has 1 aromatic carbocycles. The first-order valence-electron chi connectivity index (χ1n) is 10.2. The van der Waals surface area contributed by atoms with Crippen molar-refractivity contribution in [2.45, 2.75) is 44.8 Å². The van der Waals surface area contributed by atoms with E-state index in [4.69, 9.17) is 9.47 Å². The number of esters is 1. The molecule has 11 heteroatoms. The van der Waals surface area contributed by atoms with Gasteiger partial charge in [-0.2, -0.15) is 9.30 Å². The van der Waals surface area contributed by atoms with Gasteiger partial charge in [0.05, 0.1) is 23.7 Å². The summed E-state index contributed by atoms with van der Waals surface area (Å²) in [7, 11) is -1.99. The van der Waals surface area contributed by atoms with Gasteiger partial charge in [0.15, 0.2) is 4.80 Å². The van der Waals surface area contributed by atoms with E-state index in [9.17, 15) is 18.0 Å². The van der Waals surface area contributed by atoms with Crippen LogP contribution in [0.15, 0.2) is 34.2 Å². The molecule has 1 amide bonds. The van der Waals surface area contributed by atoms with Gasteiger partial charge in [0.1, 0.15) is 4.88 Å². The molecule has 0 bridgehead atoms. The summed E-state index contributed by atoms with van der Waals surface area (Å²) in [5, 5.41) is 0. The molecule has 3 rings (SSSR count). The number of morpholine rings is 1. The van der Waals surface area contributed by atoms with Crippen LogP contribution in [0.2, 0.25) is 0 Å². The Kier molecular flexibility index (Phi) is 7.33. The van der Waals surface area contributed by atoms with Crippen LogP contribution in [-0.4, -0.2) is 61.1 Å². The fourth-order valence-electron chi connectivity index (χ4n) is 3.41. The summed E-state index contributed by atoms with van der Waals surface area (Å²) in [4.78, 5) is 29.7. The second-order valence-corrected chi connectivity index (χ2v) is 10.5. The maximum absolute atomic E-state index is 13.0. The fourth-order valence-corrected chi connectivity index (χ4v) is 6.01. The highest BCUT2D eigenvalue weighted by atomic mass is 32.2. The first-order chi connectivity index (χ1) is 15.0. The third kappa shape index (κ3) is 5.01. The van der Waals surface area contributed by atoms with Gasteiger partial charge >= 0.3 is 5.97 Å². The molecular weight excluding hydrogens is 454 g/mol. The van der Waals surface area contributed by atoms with Gasteiger partial charge in [-0.1, -0.05) is 11.3 Å². The van der Waals surface area contributed by atoms with E-state index in [0.29, 0.717) is 15.4 Å². The Labute approximate surface area is 191 Å². The van der Waals surface area contributed by atoms with Crippen LogP contribution in [-0.2, 0) is 26.5 Å². The Bertz CT molecular complexity index is 1170. The molecule has 2 aromatic rings. The number of hydrogen-bond acceptors (Lipinski definition) is 7. The normalized spacial score (nSPS) is 20.3. The van der Waals surface area contributed by atoms with Crippen LogP contribution in [0.3, 0.4) is 0 Å². The Morgan fingerprint density at radius 2 is 1.78 bits per heavy atom. The van der Waals surface area contributed by atoms with E-state index in [0.717, 1.165) is 11.3 Å². The minimum atomic E-state index is -3.70. The van der Waals surface area contributed by atoms with Gasteiger partial charge in [0.25, 0.3) is 5.91 Å². The second-order valence-electron chi connectivity index (χ2n) is 7.60.